The summed E-state index contributed by atoms with van der Waals surface area (Å²) in [5.74, 6) is 1.66. The number of ketones is 1. The van der Waals surface area contributed by atoms with Gasteiger partial charge < -0.3 is 23.8 Å². The van der Waals surface area contributed by atoms with Gasteiger partial charge in [0.05, 0.1) is 24.8 Å². The van der Waals surface area contributed by atoms with Gasteiger partial charge in [-0.05, 0) is 87.8 Å². The van der Waals surface area contributed by atoms with Crippen molar-refractivity contribution < 1.29 is 19.1 Å². The monoisotopic (exact) mass is 596 g/mol. The summed E-state index contributed by atoms with van der Waals surface area (Å²) in [6, 6.07) is 25.6. The van der Waals surface area contributed by atoms with Crippen LogP contribution in [0.3, 0.4) is 0 Å². The van der Waals surface area contributed by atoms with Crippen molar-refractivity contribution >= 4 is 22.7 Å². The van der Waals surface area contributed by atoms with Crippen LogP contribution in [0.25, 0.3) is 11.0 Å². The van der Waals surface area contributed by atoms with Crippen molar-refractivity contribution in [1.29, 1.82) is 0 Å². The smallest absolute Gasteiger partial charge is 0.253 e. The molecule has 0 aliphatic carbocycles. The number of carbonyl (C=O) groups excluding carboxylic acids is 2. The van der Waals surface area contributed by atoms with E-state index in [1.807, 2.05) is 90.2 Å². The molecule has 44 heavy (non-hydrogen) atoms. The number of hydrogen-bond donors (Lipinski definition) is 0. The summed E-state index contributed by atoms with van der Waals surface area (Å²) in [6.45, 7) is 7.04. The molecule has 0 N–H and O–H groups in total. The summed E-state index contributed by atoms with van der Waals surface area (Å²) in [5, 5.41) is 0. The van der Waals surface area contributed by atoms with E-state index in [0.29, 0.717) is 37.7 Å². The molecule has 5 rings (SSSR count). The minimum absolute atomic E-state index is 0.0238. The van der Waals surface area contributed by atoms with Gasteiger partial charge in [-0.3, -0.25) is 9.59 Å². The number of ether oxygens (including phenoxy) is 2. The number of imidazole rings is 1. The SMILES string of the molecule is CCOCCn1c(C(=O)C2CCN(CCC(CN(C)C(=O)c3ccccc3)c3ccc(OC)cc3)CC2)nc2ccccc21. The van der Waals surface area contributed by atoms with Crippen LogP contribution in [-0.4, -0.2) is 84.6 Å². The fraction of sp³-hybridized carbons (Fsp3) is 0.417. The normalized spacial score (nSPS) is 14.9. The predicted octanol–water partition coefficient (Wildman–Crippen LogP) is 5.92. The Bertz CT molecular complexity index is 1510. The number of amides is 1. The molecule has 1 saturated heterocycles. The molecule has 232 valence electrons. The van der Waals surface area contributed by atoms with Gasteiger partial charge in [0.15, 0.2) is 5.82 Å². The van der Waals surface area contributed by atoms with Crippen LogP contribution >= 0.6 is 0 Å². The largest absolute Gasteiger partial charge is 0.497 e. The predicted molar refractivity (Wildman–Crippen MR) is 173 cm³/mol. The number of piperidine rings is 1. The molecule has 0 bridgehead atoms. The molecule has 1 amide bonds. The molecule has 8 nitrogen and oxygen atoms in total. The number of hydrogen-bond acceptors (Lipinski definition) is 6. The Labute approximate surface area is 260 Å². The number of carbonyl (C=O) groups is 2. The second-order valence-electron chi connectivity index (χ2n) is 11.6. The average molecular weight is 597 g/mol. The van der Waals surface area contributed by atoms with Crippen molar-refractivity contribution in [1.82, 2.24) is 19.4 Å². The van der Waals surface area contributed by atoms with Crippen molar-refractivity contribution in [2.45, 2.75) is 38.6 Å². The van der Waals surface area contributed by atoms with E-state index in [-0.39, 0.29) is 23.5 Å². The van der Waals surface area contributed by atoms with Gasteiger partial charge in [-0.15, -0.1) is 0 Å². The summed E-state index contributed by atoms with van der Waals surface area (Å²) >= 11 is 0. The van der Waals surface area contributed by atoms with E-state index in [1.54, 1.807) is 7.11 Å². The number of likely N-dealkylation sites (tertiary alicyclic amines) is 1. The Kier molecular flexibility index (Phi) is 10.8. The third kappa shape index (κ3) is 7.55. The van der Waals surface area contributed by atoms with Gasteiger partial charge in [0.2, 0.25) is 5.78 Å². The molecule has 0 radical (unpaired) electrons. The Morgan fingerprint density at radius 2 is 1.66 bits per heavy atom. The Morgan fingerprint density at radius 1 is 0.955 bits per heavy atom. The molecule has 0 spiro atoms. The lowest BCUT2D eigenvalue weighted by atomic mass is 9.90. The van der Waals surface area contributed by atoms with Gasteiger partial charge in [0, 0.05) is 44.1 Å². The quantitative estimate of drug-likeness (QED) is 0.133. The molecule has 1 fully saturated rings. The molecule has 3 aromatic carbocycles. The lowest BCUT2D eigenvalue weighted by Gasteiger charge is -2.33. The minimum atomic E-state index is -0.0408. The van der Waals surface area contributed by atoms with Crippen molar-refractivity contribution in [2.75, 3.05) is 53.6 Å². The fourth-order valence-electron chi connectivity index (χ4n) is 6.18. The lowest BCUT2D eigenvalue weighted by Crippen LogP contribution is -2.38. The second-order valence-corrected chi connectivity index (χ2v) is 11.6. The number of para-hydroxylation sites is 2. The van der Waals surface area contributed by atoms with Gasteiger partial charge in [0.1, 0.15) is 5.75 Å². The van der Waals surface area contributed by atoms with Crippen LogP contribution in [0.1, 0.15) is 58.6 Å². The van der Waals surface area contributed by atoms with Crippen LogP contribution in [-0.2, 0) is 11.3 Å². The molecule has 1 aliphatic heterocycles. The van der Waals surface area contributed by atoms with Crippen molar-refractivity contribution in [3.63, 3.8) is 0 Å². The maximum absolute atomic E-state index is 13.7. The minimum Gasteiger partial charge on any atom is -0.497 e. The number of aromatic nitrogens is 2. The van der Waals surface area contributed by atoms with Gasteiger partial charge >= 0.3 is 0 Å². The first-order chi connectivity index (χ1) is 21.5. The van der Waals surface area contributed by atoms with Crippen LogP contribution in [0, 0.1) is 5.92 Å². The first-order valence-corrected chi connectivity index (χ1v) is 15.7. The third-order valence-corrected chi connectivity index (χ3v) is 8.74. The first kappa shape index (κ1) is 31.4. The number of benzene rings is 3. The van der Waals surface area contributed by atoms with Gasteiger partial charge in [0.25, 0.3) is 5.91 Å². The summed E-state index contributed by atoms with van der Waals surface area (Å²) in [6.07, 6.45) is 2.53. The maximum Gasteiger partial charge on any atom is 0.253 e. The molecule has 1 aliphatic rings. The zero-order valence-electron chi connectivity index (χ0n) is 26.2. The van der Waals surface area contributed by atoms with E-state index in [9.17, 15) is 9.59 Å². The van der Waals surface area contributed by atoms with E-state index in [2.05, 4.69) is 17.0 Å². The van der Waals surface area contributed by atoms with Crippen LogP contribution in [0.4, 0.5) is 0 Å². The summed E-state index contributed by atoms with van der Waals surface area (Å²) in [7, 11) is 3.55. The highest BCUT2D eigenvalue weighted by Gasteiger charge is 2.30. The molecule has 1 unspecified atom stereocenters. The number of likely N-dealkylation sites (N-methyl/N-ethyl adjacent to an activating group) is 1. The molecule has 4 aromatic rings. The Morgan fingerprint density at radius 3 is 2.36 bits per heavy atom. The molecule has 0 saturated carbocycles. The molecule has 2 heterocycles. The summed E-state index contributed by atoms with van der Waals surface area (Å²) in [4.78, 5) is 35.9. The topological polar surface area (TPSA) is 76.9 Å². The van der Waals surface area contributed by atoms with E-state index < -0.39 is 0 Å². The Balaban J connectivity index is 1.22. The number of nitrogens with zero attached hydrogens (tertiary/aromatic N) is 4. The summed E-state index contributed by atoms with van der Waals surface area (Å²) < 4.78 is 13.0. The van der Waals surface area contributed by atoms with Crippen LogP contribution < -0.4 is 4.74 Å². The number of Topliss-reactive ketones (excluding diaryl/α,β-unsaturated/α-hetero) is 1. The van der Waals surface area contributed by atoms with Gasteiger partial charge in [-0.2, -0.15) is 0 Å². The zero-order chi connectivity index (χ0) is 30.9. The Hall–Kier alpha value is -4.01. The maximum atomic E-state index is 13.7. The van der Waals surface area contributed by atoms with Crippen LogP contribution in [0.2, 0.25) is 0 Å². The van der Waals surface area contributed by atoms with Crippen LogP contribution in [0.5, 0.6) is 5.75 Å². The lowest BCUT2D eigenvalue weighted by molar-refractivity contribution is 0.0779. The highest BCUT2D eigenvalue weighted by Crippen LogP contribution is 2.28. The highest BCUT2D eigenvalue weighted by atomic mass is 16.5. The molecule has 8 heteroatoms. The third-order valence-electron chi connectivity index (χ3n) is 8.74. The van der Waals surface area contributed by atoms with E-state index in [4.69, 9.17) is 14.5 Å². The average Bonchev–Trinajstić information content (AvgIpc) is 3.45. The zero-order valence-corrected chi connectivity index (χ0v) is 26.2. The van der Waals surface area contributed by atoms with Crippen molar-refractivity contribution in [2.24, 2.45) is 5.92 Å². The fourth-order valence-corrected chi connectivity index (χ4v) is 6.18. The van der Waals surface area contributed by atoms with E-state index in [1.165, 1.54) is 5.56 Å². The van der Waals surface area contributed by atoms with Gasteiger partial charge in [-0.25, -0.2) is 4.98 Å². The molecular weight excluding hydrogens is 552 g/mol. The molecule has 1 aromatic heterocycles. The van der Waals surface area contributed by atoms with Crippen molar-refractivity contribution in [3.8, 4) is 5.75 Å². The van der Waals surface area contributed by atoms with Gasteiger partial charge in [-0.1, -0.05) is 42.5 Å². The summed E-state index contributed by atoms with van der Waals surface area (Å²) in [5.41, 5.74) is 3.72. The highest BCUT2D eigenvalue weighted by molar-refractivity contribution is 5.98. The number of fused-ring (bicyclic) bond motifs is 1. The second kappa shape index (κ2) is 15.1. The number of rotatable bonds is 14. The van der Waals surface area contributed by atoms with E-state index >= 15 is 0 Å². The standard InChI is InChI=1S/C36H44N4O4/c1-4-44-25-24-40-33-13-9-8-12-32(33)37-35(40)34(41)28-18-21-39(22-19-28)23-20-30(27-14-16-31(43-3)17-15-27)26-38(2)36(42)29-10-6-5-7-11-29/h5-17,28,30H,4,18-26H2,1-3H3. The van der Waals surface area contributed by atoms with Crippen molar-refractivity contribution in [3.05, 3.63) is 95.8 Å². The first-order valence-electron chi connectivity index (χ1n) is 15.7. The molecule has 1 atom stereocenters. The molecular formula is C36H44N4O4. The van der Waals surface area contributed by atoms with E-state index in [0.717, 1.165) is 55.7 Å². The van der Waals surface area contributed by atoms with Crippen LogP contribution in [0.15, 0.2) is 78.9 Å². The number of methoxy groups -OCH3 is 1.